The van der Waals surface area contributed by atoms with Gasteiger partial charge >= 0.3 is 0 Å². The summed E-state index contributed by atoms with van der Waals surface area (Å²) in [6, 6.07) is 16.7. The Bertz CT molecular complexity index is 1200. The van der Waals surface area contributed by atoms with Crippen molar-refractivity contribution < 1.29 is 25.9 Å². The van der Waals surface area contributed by atoms with Gasteiger partial charge in [-0.25, -0.2) is 0 Å². The molecule has 6 nitrogen and oxygen atoms in total. The number of hydrogen-bond donors (Lipinski definition) is 2. The molecule has 3 aromatic rings. The molecule has 0 bridgehead atoms. The summed E-state index contributed by atoms with van der Waals surface area (Å²) in [6.45, 7) is 0. The molecule has 0 fully saturated rings. The molecule has 0 aliphatic heterocycles. The third kappa shape index (κ3) is 4.26. The summed E-state index contributed by atoms with van der Waals surface area (Å²) in [6.07, 6.45) is 0. The molecule has 0 aliphatic rings. The summed E-state index contributed by atoms with van der Waals surface area (Å²) < 4.78 is 63.1. The van der Waals surface area contributed by atoms with Crippen LogP contribution in [0, 0.1) is 0 Å². The highest BCUT2D eigenvalue weighted by atomic mass is 32.2. The Morgan fingerprint density at radius 1 is 0.630 bits per heavy atom. The molecule has 3 rings (SSSR count). The van der Waals surface area contributed by atoms with E-state index in [1.54, 1.807) is 36.4 Å². The molecule has 2 N–H and O–H groups in total. The second-order valence-corrected chi connectivity index (χ2v) is 9.02. The van der Waals surface area contributed by atoms with Gasteiger partial charge in [-0.15, -0.1) is 6.07 Å². The fraction of sp³-hybridized carbons (Fsp3) is 0. The first-order valence-electron chi connectivity index (χ1n) is 7.55. The zero-order chi connectivity index (χ0) is 19.8. The summed E-state index contributed by atoms with van der Waals surface area (Å²) in [5.41, 5.74) is 2.81. The monoisotopic (exact) mass is 420 g/mol. The van der Waals surface area contributed by atoms with Crippen molar-refractivity contribution in [1.82, 2.24) is 0 Å². The third-order valence-electron chi connectivity index (χ3n) is 3.95. The minimum absolute atomic E-state index is 0.215. The fourth-order valence-electron chi connectivity index (χ4n) is 2.68. The van der Waals surface area contributed by atoms with Gasteiger partial charge < -0.3 is 14.5 Å². The van der Waals surface area contributed by atoms with Crippen molar-refractivity contribution in [3.8, 4) is 22.3 Å². The predicted molar refractivity (Wildman–Crippen MR) is 103 cm³/mol. The second kappa shape index (κ2) is 7.14. The highest BCUT2D eigenvalue weighted by molar-refractivity contribution is 7.86. The van der Waals surface area contributed by atoms with E-state index >= 15 is 0 Å². The Morgan fingerprint density at radius 3 is 1.52 bits per heavy atom. The average Bonchev–Trinajstić information content (AvgIpc) is 2.60. The lowest BCUT2D eigenvalue weighted by molar-refractivity contribution is 0.481. The van der Waals surface area contributed by atoms with Crippen LogP contribution in [0.5, 0.6) is 0 Å². The zero-order valence-electron chi connectivity index (χ0n) is 13.6. The van der Waals surface area contributed by atoms with Gasteiger partial charge in [0.25, 0.3) is 20.2 Å². The van der Waals surface area contributed by atoms with Crippen LogP contribution in [0.15, 0.2) is 76.5 Å². The van der Waals surface area contributed by atoms with Gasteiger partial charge in [0.1, 0.15) is 0 Å². The molecule has 0 aliphatic carbocycles. The molecule has 0 saturated carbocycles. The first-order chi connectivity index (χ1) is 12.6. The van der Waals surface area contributed by atoms with E-state index in [0.29, 0.717) is 22.0 Å². The van der Waals surface area contributed by atoms with E-state index in [9.17, 15) is 16.8 Å². The molecule has 0 unspecified atom stereocenters. The van der Waals surface area contributed by atoms with Crippen LogP contribution < -0.4 is 5.30 Å². The maximum absolute atomic E-state index is 11.2. The third-order valence-corrected chi connectivity index (χ3v) is 6.05. The minimum atomic E-state index is -4.29. The summed E-state index contributed by atoms with van der Waals surface area (Å²) in [7, 11) is -4.10. The first kappa shape index (κ1) is 19.7. The van der Waals surface area contributed by atoms with E-state index in [1.807, 2.05) is 6.07 Å². The molecular formula is C18H13O6PS2-2. The van der Waals surface area contributed by atoms with Crippen molar-refractivity contribution in [2.24, 2.45) is 0 Å². The molecule has 0 heterocycles. The lowest BCUT2D eigenvalue weighted by Gasteiger charge is -2.39. The quantitative estimate of drug-likeness (QED) is 0.494. The molecule has 140 valence electrons. The molecule has 0 spiro atoms. The fourth-order valence-corrected chi connectivity index (χ4v) is 3.98. The van der Waals surface area contributed by atoms with E-state index in [2.05, 4.69) is 9.24 Å². The van der Waals surface area contributed by atoms with Crippen molar-refractivity contribution >= 4 is 34.8 Å². The Balaban J connectivity index is 2.13. The zero-order valence-corrected chi connectivity index (χ0v) is 16.2. The van der Waals surface area contributed by atoms with E-state index < -0.39 is 20.2 Å². The second-order valence-electron chi connectivity index (χ2n) is 5.70. The SMILES string of the molecule is O=S(=O)(O)c1ccc(-c2cccc([P-2])c2-c2ccc(S(=O)(=O)O)cc2)cc1. The van der Waals surface area contributed by atoms with Crippen LogP contribution in [0.4, 0.5) is 0 Å². The smallest absolute Gasteiger partial charge is 0.294 e. The van der Waals surface area contributed by atoms with E-state index in [0.717, 1.165) is 5.56 Å². The maximum atomic E-state index is 11.2. The van der Waals surface area contributed by atoms with Crippen molar-refractivity contribution in [2.75, 3.05) is 0 Å². The van der Waals surface area contributed by atoms with Crippen LogP contribution in [0.1, 0.15) is 0 Å². The molecule has 0 amide bonds. The number of hydrogen-bond acceptors (Lipinski definition) is 4. The van der Waals surface area contributed by atoms with Gasteiger partial charge in [0.15, 0.2) is 0 Å². The molecule has 0 atom stereocenters. The van der Waals surface area contributed by atoms with E-state index in [4.69, 9.17) is 9.11 Å². The van der Waals surface area contributed by atoms with Gasteiger partial charge in [-0.1, -0.05) is 42.0 Å². The van der Waals surface area contributed by atoms with Crippen molar-refractivity contribution in [1.29, 1.82) is 0 Å². The normalized spacial score (nSPS) is 12.1. The minimum Gasteiger partial charge on any atom is -1.45 e. The van der Waals surface area contributed by atoms with Gasteiger partial charge in [0, 0.05) is 0 Å². The molecule has 27 heavy (non-hydrogen) atoms. The highest BCUT2D eigenvalue weighted by Gasteiger charge is 2.12. The Labute approximate surface area is 159 Å². The standard InChI is InChI=1S/C18H13O6PS2/c19-26(20,21)14-8-4-12(5-9-14)16-2-1-3-17(25)18(16)13-6-10-15(11-7-13)27(22,23)24/h1-11H,(H,19,20,21)(H,22,23,24)/q-2. The van der Waals surface area contributed by atoms with Gasteiger partial charge in [-0.05, 0) is 41.0 Å². The molecule has 3 aromatic carbocycles. The predicted octanol–water partition coefficient (Wildman–Crippen LogP) is 3.55. The largest absolute Gasteiger partial charge is 1.45 e. The lowest BCUT2D eigenvalue weighted by atomic mass is 9.94. The van der Waals surface area contributed by atoms with Crippen molar-refractivity contribution in [2.45, 2.75) is 9.79 Å². The summed E-state index contributed by atoms with van der Waals surface area (Å²) in [5, 5.41) is 0.631. The Kier molecular flexibility index (Phi) is 5.20. The molecular weight excluding hydrogens is 407 g/mol. The Morgan fingerprint density at radius 2 is 1.07 bits per heavy atom. The summed E-state index contributed by atoms with van der Waals surface area (Å²) >= 11 is 0. The van der Waals surface area contributed by atoms with Crippen LogP contribution in [0.25, 0.3) is 22.3 Å². The molecule has 9 heteroatoms. The van der Waals surface area contributed by atoms with Crippen LogP contribution in [0.3, 0.4) is 0 Å². The highest BCUT2D eigenvalue weighted by Crippen LogP contribution is 2.33. The van der Waals surface area contributed by atoms with Gasteiger partial charge in [0.2, 0.25) is 0 Å². The van der Waals surface area contributed by atoms with Crippen LogP contribution >= 0.6 is 9.24 Å². The topological polar surface area (TPSA) is 109 Å². The summed E-state index contributed by atoms with van der Waals surface area (Å²) in [4.78, 5) is -0.436. The van der Waals surface area contributed by atoms with Gasteiger partial charge in [0.05, 0.1) is 9.79 Å². The van der Waals surface area contributed by atoms with Gasteiger partial charge in [-0.3, -0.25) is 9.11 Å². The molecule has 0 aromatic heterocycles. The molecule has 0 saturated heterocycles. The summed E-state index contributed by atoms with van der Waals surface area (Å²) in [5.74, 6) is 0. The van der Waals surface area contributed by atoms with E-state index in [1.165, 1.54) is 24.3 Å². The Hall–Kier alpha value is -2.09. The molecule has 0 radical (unpaired) electrons. The first-order valence-corrected chi connectivity index (χ1v) is 10.9. The van der Waals surface area contributed by atoms with Gasteiger partial charge in [-0.2, -0.15) is 16.8 Å². The lowest BCUT2D eigenvalue weighted by Crippen LogP contribution is -2.02. The maximum Gasteiger partial charge on any atom is 0.294 e. The van der Waals surface area contributed by atoms with Crippen molar-refractivity contribution in [3.63, 3.8) is 0 Å². The number of benzene rings is 3. The van der Waals surface area contributed by atoms with Crippen LogP contribution in [-0.4, -0.2) is 25.9 Å². The number of rotatable bonds is 4. The van der Waals surface area contributed by atoms with Crippen LogP contribution in [0.2, 0.25) is 0 Å². The van der Waals surface area contributed by atoms with Crippen LogP contribution in [-0.2, 0) is 20.2 Å². The van der Waals surface area contributed by atoms with E-state index in [-0.39, 0.29) is 9.79 Å². The van der Waals surface area contributed by atoms with Crippen molar-refractivity contribution in [3.05, 3.63) is 66.7 Å². The average molecular weight is 420 g/mol.